The van der Waals surface area contributed by atoms with Gasteiger partial charge in [-0.25, -0.2) is 4.79 Å². The predicted octanol–water partition coefficient (Wildman–Crippen LogP) is 2.77. The molecule has 0 spiro atoms. The highest BCUT2D eigenvalue weighted by molar-refractivity contribution is 6.33. The molecule has 1 amide bonds. The lowest BCUT2D eigenvalue weighted by molar-refractivity contribution is -0.119. The lowest BCUT2D eigenvalue weighted by Gasteiger charge is -2.08. The summed E-state index contributed by atoms with van der Waals surface area (Å²) < 4.78 is 4.86. The summed E-state index contributed by atoms with van der Waals surface area (Å²) in [6.45, 7) is 1.53. The Labute approximate surface area is 120 Å². The van der Waals surface area contributed by atoms with Gasteiger partial charge in [-0.2, -0.15) is 0 Å². The number of H-pyrrole nitrogens is 1. The molecule has 0 bridgehead atoms. The minimum atomic E-state index is -0.583. The fourth-order valence-electron chi connectivity index (χ4n) is 1.57. The summed E-state index contributed by atoms with van der Waals surface area (Å²) in [5.41, 5.74) is 1.77. The third-order valence-corrected chi connectivity index (χ3v) is 2.86. The first-order valence-electron chi connectivity index (χ1n) is 5.93. The minimum Gasteiger partial charge on any atom is -0.451 e. The molecule has 2 aromatic rings. The lowest BCUT2D eigenvalue weighted by atomic mass is 10.2. The summed E-state index contributed by atoms with van der Waals surface area (Å²) in [5, 5.41) is 3.02. The Morgan fingerprint density at radius 2 is 2.15 bits per heavy atom. The summed E-state index contributed by atoms with van der Waals surface area (Å²) in [4.78, 5) is 25.9. The van der Waals surface area contributed by atoms with Crippen LogP contribution >= 0.6 is 11.6 Å². The van der Waals surface area contributed by atoms with Gasteiger partial charge < -0.3 is 15.0 Å². The number of aromatic amines is 1. The first-order chi connectivity index (χ1) is 9.56. The van der Waals surface area contributed by atoms with Crippen molar-refractivity contribution in [2.75, 3.05) is 11.9 Å². The lowest BCUT2D eigenvalue weighted by Crippen LogP contribution is -2.21. The third kappa shape index (κ3) is 3.61. The molecule has 1 heterocycles. The van der Waals surface area contributed by atoms with E-state index in [1.807, 2.05) is 13.0 Å². The van der Waals surface area contributed by atoms with Crippen LogP contribution in [0.5, 0.6) is 0 Å². The molecule has 0 saturated heterocycles. The first kappa shape index (κ1) is 14.1. The molecule has 0 fully saturated rings. The van der Waals surface area contributed by atoms with Crippen LogP contribution in [0.25, 0.3) is 0 Å². The van der Waals surface area contributed by atoms with E-state index in [2.05, 4.69) is 10.3 Å². The molecule has 0 aliphatic rings. The van der Waals surface area contributed by atoms with Gasteiger partial charge in [0.05, 0.1) is 10.7 Å². The molecule has 0 aliphatic heterocycles. The number of aromatic nitrogens is 1. The third-order valence-electron chi connectivity index (χ3n) is 2.55. The zero-order valence-electron chi connectivity index (χ0n) is 10.8. The zero-order valence-corrected chi connectivity index (χ0v) is 11.5. The second kappa shape index (κ2) is 6.25. The Morgan fingerprint density at radius 1 is 1.35 bits per heavy atom. The van der Waals surface area contributed by atoms with Crippen molar-refractivity contribution in [1.82, 2.24) is 4.98 Å². The minimum absolute atomic E-state index is 0.297. The van der Waals surface area contributed by atoms with Crippen LogP contribution < -0.4 is 5.32 Å². The zero-order chi connectivity index (χ0) is 14.5. The fraction of sp³-hybridized carbons (Fsp3) is 0.143. The average Bonchev–Trinajstić information content (AvgIpc) is 2.93. The van der Waals surface area contributed by atoms with Crippen LogP contribution in [0, 0.1) is 6.92 Å². The maximum atomic E-state index is 11.7. The number of hydrogen-bond donors (Lipinski definition) is 2. The molecular formula is C14H13ClN2O3. The van der Waals surface area contributed by atoms with Crippen molar-refractivity contribution < 1.29 is 14.3 Å². The van der Waals surface area contributed by atoms with E-state index < -0.39 is 11.9 Å². The average molecular weight is 293 g/mol. The molecule has 20 heavy (non-hydrogen) atoms. The van der Waals surface area contributed by atoms with Crippen molar-refractivity contribution in [3.8, 4) is 0 Å². The molecule has 2 N–H and O–H groups in total. The fourth-order valence-corrected chi connectivity index (χ4v) is 1.86. The van der Waals surface area contributed by atoms with Crippen molar-refractivity contribution in [3.05, 3.63) is 52.8 Å². The topological polar surface area (TPSA) is 71.2 Å². The second-order valence-electron chi connectivity index (χ2n) is 4.19. The molecule has 6 heteroatoms. The molecular weight excluding hydrogens is 280 g/mol. The first-order valence-corrected chi connectivity index (χ1v) is 6.30. The van der Waals surface area contributed by atoms with E-state index in [0.717, 1.165) is 5.56 Å². The van der Waals surface area contributed by atoms with Gasteiger partial charge in [0.25, 0.3) is 5.91 Å². The maximum Gasteiger partial charge on any atom is 0.355 e. The van der Waals surface area contributed by atoms with Gasteiger partial charge >= 0.3 is 5.97 Å². The van der Waals surface area contributed by atoms with Crippen molar-refractivity contribution in [3.63, 3.8) is 0 Å². The van der Waals surface area contributed by atoms with E-state index >= 15 is 0 Å². The number of carbonyl (C=O) groups is 2. The van der Waals surface area contributed by atoms with Crippen molar-refractivity contribution >= 4 is 29.2 Å². The van der Waals surface area contributed by atoms with Gasteiger partial charge in [-0.05, 0) is 36.8 Å². The van der Waals surface area contributed by atoms with Gasteiger partial charge in [0, 0.05) is 6.20 Å². The van der Waals surface area contributed by atoms with E-state index in [-0.39, 0.29) is 6.61 Å². The molecule has 0 saturated carbocycles. The number of esters is 1. The highest BCUT2D eigenvalue weighted by atomic mass is 35.5. The van der Waals surface area contributed by atoms with Crippen molar-refractivity contribution in [2.45, 2.75) is 6.92 Å². The Bertz CT molecular complexity index is 623. The van der Waals surface area contributed by atoms with Gasteiger partial charge in [0.15, 0.2) is 6.61 Å². The number of aryl methyl sites for hydroxylation is 1. The number of benzene rings is 1. The number of nitrogens with one attached hydrogen (secondary N) is 2. The molecule has 1 aromatic carbocycles. The Morgan fingerprint density at radius 3 is 2.80 bits per heavy atom. The van der Waals surface area contributed by atoms with Gasteiger partial charge in [-0.15, -0.1) is 0 Å². The number of ether oxygens (including phenoxy) is 1. The van der Waals surface area contributed by atoms with Crippen LogP contribution in [-0.2, 0) is 9.53 Å². The highest BCUT2D eigenvalue weighted by Gasteiger charge is 2.11. The predicted molar refractivity (Wildman–Crippen MR) is 75.9 cm³/mol. The molecule has 0 aliphatic carbocycles. The van der Waals surface area contributed by atoms with Crippen LogP contribution in [0.2, 0.25) is 5.02 Å². The summed E-state index contributed by atoms with van der Waals surface area (Å²) >= 11 is 5.99. The number of carbonyl (C=O) groups excluding carboxylic acids is 2. The second-order valence-corrected chi connectivity index (χ2v) is 4.60. The number of hydrogen-bond acceptors (Lipinski definition) is 3. The highest BCUT2D eigenvalue weighted by Crippen LogP contribution is 2.22. The van der Waals surface area contributed by atoms with Gasteiger partial charge in [0.2, 0.25) is 0 Å². The van der Waals surface area contributed by atoms with Crippen molar-refractivity contribution in [1.29, 1.82) is 0 Å². The standard InChI is InChI=1S/C14H13ClN2O3/c1-9-4-5-11(10(15)7-9)17-13(18)8-20-14(19)12-3-2-6-16-12/h2-7,16H,8H2,1H3,(H,17,18). The summed E-state index contributed by atoms with van der Waals surface area (Å²) in [5.74, 6) is -1.03. The molecule has 2 rings (SSSR count). The Balaban J connectivity index is 1.88. The summed E-state index contributed by atoms with van der Waals surface area (Å²) in [6.07, 6.45) is 1.60. The van der Waals surface area contributed by atoms with E-state index in [4.69, 9.17) is 16.3 Å². The monoisotopic (exact) mass is 292 g/mol. The summed E-state index contributed by atoms with van der Waals surface area (Å²) in [7, 11) is 0. The smallest absolute Gasteiger partial charge is 0.355 e. The molecule has 5 nitrogen and oxygen atoms in total. The number of amides is 1. The van der Waals surface area contributed by atoms with E-state index in [0.29, 0.717) is 16.4 Å². The van der Waals surface area contributed by atoms with E-state index in [1.54, 1.807) is 30.5 Å². The Kier molecular flexibility index (Phi) is 4.42. The van der Waals surface area contributed by atoms with Crippen LogP contribution in [0.3, 0.4) is 0 Å². The normalized spacial score (nSPS) is 10.1. The number of anilines is 1. The summed E-state index contributed by atoms with van der Waals surface area (Å²) in [6, 6.07) is 8.50. The van der Waals surface area contributed by atoms with Gasteiger partial charge in [0.1, 0.15) is 5.69 Å². The Hall–Kier alpha value is -2.27. The van der Waals surface area contributed by atoms with Crippen LogP contribution in [0.15, 0.2) is 36.5 Å². The van der Waals surface area contributed by atoms with E-state index in [9.17, 15) is 9.59 Å². The van der Waals surface area contributed by atoms with Crippen molar-refractivity contribution in [2.24, 2.45) is 0 Å². The number of rotatable bonds is 4. The van der Waals surface area contributed by atoms with E-state index in [1.165, 1.54) is 0 Å². The number of halogens is 1. The molecule has 0 unspecified atom stereocenters. The molecule has 0 atom stereocenters. The molecule has 1 aromatic heterocycles. The molecule has 0 radical (unpaired) electrons. The maximum absolute atomic E-state index is 11.7. The quantitative estimate of drug-likeness (QED) is 0.851. The molecule has 104 valence electrons. The van der Waals surface area contributed by atoms with Crippen LogP contribution in [0.4, 0.5) is 5.69 Å². The van der Waals surface area contributed by atoms with Gasteiger partial charge in [-0.3, -0.25) is 4.79 Å². The largest absolute Gasteiger partial charge is 0.451 e. The van der Waals surface area contributed by atoms with Crippen LogP contribution in [0.1, 0.15) is 16.1 Å². The van der Waals surface area contributed by atoms with Crippen LogP contribution in [-0.4, -0.2) is 23.5 Å². The SMILES string of the molecule is Cc1ccc(NC(=O)COC(=O)c2ccc[nH]2)c(Cl)c1. The van der Waals surface area contributed by atoms with Gasteiger partial charge in [-0.1, -0.05) is 17.7 Å².